The van der Waals surface area contributed by atoms with E-state index in [0.29, 0.717) is 11.6 Å². The highest BCUT2D eigenvalue weighted by Gasteiger charge is 2.30. The third kappa shape index (κ3) is 3.51. The Morgan fingerprint density at radius 3 is 2.54 bits per heavy atom. The molecule has 2 aromatic carbocycles. The minimum atomic E-state index is -3.64. The Balaban J connectivity index is 1.68. The van der Waals surface area contributed by atoms with Gasteiger partial charge in [0.05, 0.1) is 16.6 Å². The molecule has 1 amide bonds. The largest absolute Gasteiger partial charge is 0.338 e. The average Bonchev–Trinajstić information content (AvgIpc) is 2.73. The number of hydrogen-bond acceptors (Lipinski definition) is 3. The molecule has 2 aromatic rings. The van der Waals surface area contributed by atoms with E-state index < -0.39 is 10.0 Å². The molecule has 5 nitrogen and oxygen atoms in total. The molecular weight excluding hydrogens is 396 g/mol. The van der Waals surface area contributed by atoms with Crippen molar-refractivity contribution in [1.29, 1.82) is 0 Å². The molecule has 0 N–H and O–H groups in total. The number of anilines is 1. The molecule has 2 heterocycles. The number of halogens is 1. The lowest BCUT2D eigenvalue weighted by Crippen LogP contribution is -2.36. The van der Waals surface area contributed by atoms with Crippen LogP contribution in [0.1, 0.15) is 42.9 Å². The summed E-state index contributed by atoms with van der Waals surface area (Å²) in [6.45, 7) is 1.24. The lowest BCUT2D eigenvalue weighted by molar-refractivity contribution is -0.121. The second kappa shape index (κ2) is 7.76. The van der Waals surface area contributed by atoms with Gasteiger partial charge in [-0.25, -0.2) is 8.42 Å². The zero-order valence-corrected chi connectivity index (χ0v) is 17.1. The molecule has 0 bridgehead atoms. The van der Waals surface area contributed by atoms with Crippen molar-refractivity contribution in [2.45, 2.75) is 43.0 Å². The first-order valence-corrected chi connectivity index (χ1v) is 11.4. The molecule has 1 fully saturated rings. The van der Waals surface area contributed by atoms with Crippen LogP contribution in [-0.2, 0) is 21.2 Å². The van der Waals surface area contributed by atoms with Crippen molar-refractivity contribution < 1.29 is 13.2 Å². The molecule has 28 heavy (non-hydrogen) atoms. The number of amides is 1. The first-order chi connectivity index (χ1) is 13.5. The van der Waals surface area contributed by atoms with E-state index in [2.05, 4.69) is 6.07 Å². The Hall–Kier alpha value is -2.05. The Morgan fingerprint density at radius 2 is 1.79 bits per heavy atom. The van der Waals surface area contributed by atoms with E-state index in [9.17, 15) is 13.2 Å². The van der Waals surface area contributed by atoms with E-state index in [1.165, 1.54) is 4.31 Å². The van der Waals surface area contributed by atoms with E-state index >= 15 is 0 Å². The highest BCUT2D eigenvalue weighted by atomic mass is 35.5. The molecule has 2 aliphatic heterocycles. The van der Waals surface area contributed by atoms with Gasteiger partial charge in [-0.3, -0.25) is 9.10 Å². The molecule has 0 radical (unpaired) electrons. The second-order valence-electron chi connectivity index (χ2n) is 7.38. The van der Waals surface area contributed by atoms with E-state index in [4.69, 9.17) is 11.6 Å². The molecule has 1 atom stereocenters. The van der Waals surface area contributed by atoms with Crippen molar-refractivity contribution >= 4 is 33.7 Å². The van der Waals surface area contributed by atoms with Crippen molar-refractivity contribution in [3.63, 3.8) is 0 Å². The van der Waals surface area contributed by atoms with Crippen LogP contribution in [0.2, 0.25) is 5.02 Å². The smallest absolute Gasteiger partial charge is 0.264 e. The van der Waals surface area contributed by atoms with Gasteiger partial charge in [-0.1, -0.05) is 23.7 Å². The minimum Gasteiger partial charge on any atom is -0.338 e. The number of aryl methyl sites for hydroxylation is 1. The van der Waals surface area contributed by atoms with Crippen LogP contribution in [0.3, 0.4) is 0 Å². The van der Waals surface area contributed by atoms with Crippen LogP contribution < -0.4 is 4.31 Å². The zero-order valence-electron chi connectivity index (χ0n) is 15.6. The fourth-order valence-electron chi connectivity index (χ4n) is 4.21. The van der Waals surface area contributed by atoms with Crippen molar-refractivity contribution in [1.82, 2.24) is 4.90 Å². The summed E-state index contributed by atoms with van der Waals surface area (Å²) < 4.78 is 27.8. The minimum absolute atomic E-state index is 0.0831. The molecule has 0 spiro atoms. The number of hydrogen-bond donors (Lipinski definition) is 0. The quantitative estimate of drug-likeness (QED) is 0.700. The lowest BCUT2D eigenvalue weighted by Gasteiger charge is -2.35. The third-order valence-electron chi connectivity index (χ3n) is 5.65. The molecule has 2 aliphatic rings. The zero-order chi connectivity index (χ0) is 19.7. The van der Waals surface area contributed by atoms with E-state index in [0.717, 1.165) is 61.9 Å². The van der Waals surface area contributed by atoms with Crippen LogP contribution in [0.5, 0.6) is 0 Å². The number of piperidine rings is 1. The third-order valence-corrected chi connectivity index (χ3v) is 7.72. The first-order valence-electron chi connectivity index (χ1n) is 9.63. The number of sulfonamides is 1. The molecular formula is C21H23ClN2O3S. The van der Waals surface area contributed by atoms with E-state index in [-0.39, 0.29) is 10.9 Å². The van der Waals surface area contributed by atoms with Crippen LogP contribution in [0.25, 0.3) is 0 Å². The molecule has 4 rings (SSSR count). The lowest BCUT2D eigenvalue weighted by atomic mass is 9.92. The SMILES string of the molecule is O=CN1CCCCC1c1ccc2c(c1)CCCN2S(=O)(=O)c1ccc(Cl)cc1. The fraction of sp³-hybridized carbons (Fsp3) is 0.381. The second-order valence-corrected chi connectivity index (χ2v) is 9.68. The van der Waals surface area contributed by atoms with Gasteiger partial charge < -0.3 is 4.90 Å². The monoisotopic (exact) mass is 418 g/mol. The Labute approximate surface area is 171 Å². The summed E-state index contributed by atoms with van der Waals surface area (Å²) in [4.78, 5) is 13.5. The van der Waals surface area contributed by atoms with Crippen LogP contribution in [0.4, 0.5) is 5.69 Å². The van der Waals surface area contributed by atoms with Crippen molar-refractivity contribution in [3.8, 4) is 0 Å². The van der Waals surface area contributed by atoms with Crippen LogP contribution in [0.15, 0.2) is 47.4 Å². The Bertz CT molecular complexity index is 976. The molecule has 1 unspecified atom stereocenters. The van der Waals surface area contributed by atoms with Crippen molar-refractivity contribution in [2.24, 2.45) is 0 Å². The summed E-state index contributed by atoms with van der Waals surface area (Å²) in [6.07, 6.45) is 5.62. The van der Waals surface area contributed by atoms with Gasteiger partial charge in [-0.15, -0.1) is 0 Å². The Kier molecular flexibility index (Phi) is 5.34. The molecule has 0 aromatic heterocycles. The standard InChI is InChI=1S/C21H23ClN2O3S/c22-18-7-9-19(10-8-18)28(26,27)24-13-3-4-16-14-17(6-11-21(16)24)20-5-1-2-12-23(20)15-25/h6-11,14-15,20H,1-5,12-13H2. The van der Waals surface area contributed by atoms with Gasteiger partial charge in [0.25, 0.3) is 10.0 Å². The van der Waals surface area contributed by atoms with Gasteiger partial charge in [0.15, 0.2) is 0 Å². The highest BCUT2D eigenvalue weighted by molar-refractivity contribution is 7.92. The van der Waals surface area contributed by atoms with Gasteiger partial charge in [0, 0.05) is 18.1 Å². The average molecular weight is 419 g/mol. The van der Waals surface area contributed by atoms with Gasteiger partial charge >= 0.3 is 0 Å². The van der Waals surface area contributed by atoms with Gasteiger partial charge in [-0.05, 0) is 73.6 Å². The molecule has 0 saturated carbocycles. The van der Waals surface area contributed by atoms with Crippen molar-refractivity contribution in [3.05, 3.63) is 58.6 Å². The number of fused-ring (bicyclic) bond motifs is 1. The topological polar surface area (TPSA) is 57.7 Å². The highest BCUT2D eigenvalue weighted by Crippen LogP contribution is 2.37. The number of benzene rings is 2. The number of carbonyl (C=O) groups is 1. The van der Waals surface area contributed by atoms with Crippen LogP contribution >= 0.6 is 11.6 Å². The summed E-state index contributed by atoms with van der Waals surface area (Å²) in [5.74, 6) is 0. The van der Waals surface area contributed by atoms with Gasteiger partial charge in [-0.2, -0.15) is 0 Å². The van der Waals surface area contributed by atoms with Crippen LogP contribution in [-0.4, -0.2) is 32.8 Å². The maximum Gasteiger partial charge on any atom is 0.264 e. The number of likely N-dealkylation sites (tertiary alicyclic amines) is 1. The summed E-state index contributed by atoms with van der Waals surface area (Å²) in [6, 6.07) is 12.3. The van der Waals surface area contributed by atoms with Crippen LogP contribution in [0, 0.1) is 0 Å². The van der Waals surface area contributed by atoms with E-state index in [1.54, 1.807) is 24.3 Å². The summed E-state index contributed by atoms with van der Waals surface area (Å²) in [5.41, 5.74) is 2.85. The van der Waals surface area contributed by atoms with Gasteiger partial charge in [0.1, 0.15) is 0 Å². The summed E-state index contributed by atoms with van der Waals surface area (Å²) in [5, 5.41) is 0.509. The molecule has 148 valence electrons. The maximum absolute atomic E-state index is 13.2. The van der Waals surface area contributed by atoms with Crippen molar-refractivity contribution in [2.75, 3.05) is 17.4 Å². The fourth-order valence-corrected chi connectivity index (χ4v) is 5.88. The first kappa shape index (κ1) is 19.3. The maximum atomic E-state index is 13.2. The number of nitrogens with zero attached hydrogens (tertiary/aromatic N) is 2. The molecule has 0 aliphatic carbocycles. The predicted octanol–water partition coefficient (Wildman–Crippen LogP) is 4.16. The Morgan fingerprint density at radius 1 is 1.00 bits per heavy atom. The predicted molar refractivity (Wildman–Crippen MR) is 110 cm³/mol. The summed E-state index contributed by atoms with van der Waals surface area (Å²) in [7, 11) is -3.64. The van der Waals surface area contributed by atoms with Gasteiger partial charge in [0.2, 0.25) is 6.41 Å². The molecule has 7 heteroatoms. The number of rotatable bonds is 4. The number of carbonyl (C=O) groups excluding carboxylic acids is 1. The molecule has 1 saturated heterocycles. The van der Waals surface area contributed by atoms with E-state index in [1.807, 2.05) is 17.0 Å². The normalized spacial score (nSPS) is 20.0. The summed E-state index contributed by atoms with van der Waals surface area (Å²) >= 11 is 5.91.